The first-order chi connectivity index (χ1) is 16.6. The van der Waals surface area contributed by atoms with Gasteiger partial charge in [0.2, 0.25) is 5.91 Å². The molecular formula is C27H28N2O4S. The summed E-state index contributed by atoms with van der Waals surface area (Å²) in [6.07, 6.45) is 2.07. The molecule has 0 spiro atoms. The number of anilines is 2. The topological polar surface area (TPSA) is 67.9 Å². The number of nitrogens with zero attached hydrogens (tertiary/aromatic N) is 1. The van der Waals surface area contributed by atoms with Crippen LogP contribution in [-0.2, 0) is 4.79 Å². The highest BCUT2D eigenvalue weighted by atomic mass is 32.2. The number of benzene rings is 3. The zero-order valence-corrected chi connectivity index (χ0v) is 20.1. The van der Waals surface area contributed by atoms with Crippen molar-refractivity contribution < 1.29 is 19.1 Å². The van der Waals surface area contributed by atoms with Crippen LogP contribution in [0.15, 0.2) is 72.8 Å². The maximum atomic E-state index is 12.8. The molecule has 3 aromatic rings. The Morgan fingerprint density at radius 3 is 2.50 bits per heavy atom. The molecule has 7 heteroatoms. The summed E-state index contributed by atoms with van der Waals surface area (Å²) in [7, 11) is 1.62. The van der Waals surface area contributed by atoms with E-state index in [1.807, 2.05) is 60.7 Å². The Hall–Kier alpha value is -3.45. The maximum Gasteiger partial charge on any atom is 0.255 e. The SMILES string of the molecule is CCCCOc1ccc(C(=O)Nc2cccc([C@@H]3SCC(=O)N3c3ccc(OC)cc3)c2)cc1. The molecule has 3 aromatic carbocycles. The van der Waals surface area contributed by atoms with Crippen LogP contribution in [0.5, 0.6) is 11.5 Å². The lowest BCUT2D eigenvalue weighted by molar-refractivity contribution is -0.115. The number of ether oxygens (including phenoxy) is 2. The van der Waals surface area contributed by atoms with Crippen LogP contribution < -0.4 is 19.7 Å². The first-order valence-corrected chi connectivity index (χ1v) is 12.4. The quantitative estimate of drug-likeness (QED) is 0.389. The number of methoxy groups -OCH3 is 1. The van der Waals surface area contributed by atoms with E-state index in [2.05, 4.69) is 12.2 Å². The predicted molar refractivity (Wildman–Crippen MR) is 137 cm³/mol. The van der Waals surface area contributed by atoms with Gasteiger partial charge in [-0.1, -0.05) is 25.5 Å². The third kappa shape index (κ3) is 5.54. The number of unbranched alkanes of at least 4 members (excludes halogenated alkanes) is 1. The van der Waals surface area contributed by atoms with Gasteiger partial charge in [-0.25, -0.2) is 0 Å². The average Bonchev–Trinajstić information content (AvgIpc) is 3.26. The van der Waals surface area contributed by atoms with E-state index in [4.69, 9.17) is 9.47 Å². The summed E-state index contributed by atoms with van der Waals surface area (Å²) in [5, 5.41) is 2.80. The van der Waals surface area contributed by atoms with Crippen molar-refractivity contribution in [3.05, 3.63) is 83.9 Å². The van der Waals surface area contributed by atoms with Gasteiger partial charge in [0, 0.05) is 16.9 Å². The smallest absolute Gasteiger partial charge is 0.255 e. The van der Waals surface area contributed by atoms with Crippen LogP contribution in [0.4, 0.5) is 11.4 Å². The molecule has 1 heterocycles. The molecular weight excluding hydrogens is 448 g/mol. The lowest BCUT2D eigenvalue weighted by atomic mass is 10.1. The molecule has 1 aliphatic heterocycles. The average molecular weight is 477 g/mol. The number of hydrogen-bond donors (Lipinski definition) is 1. The van der Waals surface area contributed by atoms with E-state index in [9.17, 15) is 9.59 Å². The fraction of sp³-hybridized carbons (Fsp3) is 0.259. The van der Waals surface area contributed by atoms with Crippen LogP contribution in [0.2, 0.25) is 0 Å². The van der Waals surface area contributed by atoms with Gasteiger partial charge >= 0.3 is 0 Å². The molecule has 1 N–H and O–H groups in total. The fourth-order valence-electron chi connectivity index (χ4n) is 3.70. The van der Waals surface area contributed by atoms with Crippen LogP contribution in [0, 0.1) is 0 Å². The lowest BCUT2D eigenvalue weighted by Gasteiger charge is -2.25. The molecule has 176 valence electrons. The standard InChI is InChI=1S/C27H28N2O4S/c1-3-4-16-33-24-12-8-19(9-13-24)26(31)28-21-7-5-6-20(17-21)27-29(25(30)18-34-27)22-10-14-23(32-2)15-11-22/h5-15,17,27H,3-4,16,18H2,1-2H3,(H,28,31)/t27-/m0/s1. The highest BCUT2D eigenvalue weighted by Gasteiger charge is 2.34. The fourth-order valence-corrected chi connectivity index (χ4v) is 4.87. The number of carbonyl (C=O) groups is 2. The normalized spacial score (nSPS) is 15.3. The van der Waals surface area contributed by atoms with Gasteiger partial charge in [0.05, 0.1) is 19.5 Å². The summed E-state index contributed by atoms with van der Waals surface area (Å²) in [5.41, 5.74) is 3.00. The van der Waals surface area contributed by atoms with Crippen LogP contribution in [0.25, 0.3) is 0 Å². The second kappa shape index (κ2) is 11.1. The Kier molecular flexibility index (Phi) is 7.75. The van der Waals surface area contributed by atoms with Gasteiger partial charge in [-0.15, -0.1) is 11.8 Å². The van der Waals surface area contributed by atoms with Gasteiger partial charge in [-0.2, -0.15) is 0 Å². The second-order valence-electron chi connectivity index (χ2n) is 7.93. The summed E-state index contributed by atoms with van der Waals surface area (Å²) in [6, 6.07) is 22.3. The summed E-state index contributed by atoms with van der Waals surface area (Å²) < 4.78 is 10.9. The van der Waals surface area contributed by atoms with Crippen molar-refractivity contribution in [2.45, 2.75) is 25.1 Å². The van der Waals surface area contributed by atoms with E-state index < -0.39 is 0 Å². The van der Waals surface area contributed by atoms with Crippen molar-refractivity contribution >= 4 is 35.0 Å². The molecule has 34 heavy (non-hydrogen) atoms. The summed E-state index contributed by atoms with van der Waals surface area (Å²) in [5.74, 6) is 1.76. The largest absolute Gasteiger partial charge is 0.497 e. The molecule has 0 aromatic heterocycles. The lowest BCUT2D eigenvalue weighted by Crippen LogP contribution is -2.27. The molecule has 0 radical (unpaired) electrons. The number of carbonyl (C=O) groups excluding carboxylic acids is 2. The Bertz CT molecular complexity index is 1130. The minimum atomic E-state index is -0.195. The number of hydrogen-bond acceptors (Lipinski definition) is 5. The Balaban J connectivity index is 1.46. The van der Waals surface area contributed by atoms with E-state index in [-0.39, 0.29) is 17.2 Å². The number of thioether (sulfide) groups is 1. The van der Waals surface area contributed by atoms with Gasteiger partial charge in [0.25, 0.3) is 5.91 Å². The highest BCUT2D eigenvalue weighted by Crippen LogP contribution is 2.42. The molecule has 0 saturated carbocycles. The van der Waals surface area contributed by atoms with Crippen molar-refractivity contribution in [3.63, 3.8) is 0 Å². The van der Waals surface area contributed by atoms with Crippen LogP contribution in [0.3, 0.4) is 0 Å². The monoisotopic (exact) mass is 476 g/mol. The molecule has 2 amide bonds. The Labute approximate surface area is 204 Å². The summed E-state index contributed by atoms with van der Waals surface area (Å²) in [6.45, 7) is 2.79. The Morgan fingerprint density at radius 2 is 1.79 bits per heavy atom. The first-order valence-electron chi connectivity index (χ1n) is 11.3. The third-order valence-electron chi connectivity index (χ3n) is 5.53. The van der Waals surface area contributed by atoms with E-state index in [0.29, 0.717) is 23.6 Å². The van der Waals surface area contributed by atoms with E-state index in [0.717, 1.165) is 35.6 Å². The Morgan fingerprint density at radius 1 is 1.06 bits per heavy atom. The summed E-state index contributed by atoms with van der Waals surface area (Å²) >= 11 is 1.57. The zero-order valence-electron chi connectivity index (χ0n) is 19.3. The molecule has 1 saturated heterocycles. The van der Waals surface area contributed by atoms with Crippen molar-refractivity contribution in [1.29, 1.82) is 0 Å². The highest BCUT2D eigenvalue weighted by molar-refractivity contribution is 8.00. The van der Waals surface area contributed by atoms with Gasteiger partial charge in [-0.3, -0.25) is 14.5 Å². The second-order valence-corrected chi connectivity index (χ2v) is 9.00. The molecule has 1 atom stereocenters. The van der Waals surface area contributed by atoms with E-state index in [1.165, 1.54) is 0 Å². The van der Waals surface area contributed by atoms with E-state index >= 15 is 0 Å². The number of nitrogens with one attached hydrogen (secondary N) is 1. The van der Waals surface area contributed by atoms with Crippen molar-refractivity contribution in [2.24, 2.45) is 0 Å². The van der Waals surface area contributed by atoms with Crippen LogP contribution >= 0.6 is 11.8 Å². The third-order valence-corrected chi connectivity index (χ3v) is 6.74. The number of rotatable bonds is 9. The van der Waals surface area contributed by atoms with Crippen molar-refractivity contribution in [1.82, 2.24) is 0 Å². The van der Waals surface area contributed by atoms with Gasteiger partial charge in [0.15, 0.2) is 0 Å². The zero-order chi connectivity index (χ0) is 23.9. The molecule has 4 rings (SSSR count). The molecule has 6 nitrogen and oxygen atoms in total. The van der Waals surface area contributed by atoms with Crippen molar-refractivity contribution in [2.75, 3.05) is 29.7 Å². The maximum absolute atomic E-state index is 12.8. The van der Waals surface area contributed by atoms with Gasteiger partial charge in [-0.05, 0) is 72.6 Å². The summed E-state index contributed by atoms with van der Waals surface area (Å²) in [4.78, 5) is 27.2. The number of amides is 2. The minimum Gasteiger partial charge on any atom is -0.497 e. The van der Waals surface area contributed by atoms with Crippen LogP contribution in [0.1, 0.15) is 41.1 Å². The van der Waals surface area contributed by atoms with Crippen molar-refractivity contribution in [3.8, 4) is 11.5 Å². The molecule has 0 unspecified atom stereocenters. The van der Waals surface area contributed by atoms with Gasteiger partial charge in [0.1, 0.15) is 16.9 Å². The first kappa shape index (κ1) is 23.7. The predicted octanol–water partition coefficient (Wildman–Crippen LogP) is 5.91. The van der Waals surface area contributed by atoms with E-state index in [1.54, 1.807) is 35.9 Å². The minimum absolute atomic E-state index is 0.0517. The molecule has 1 fully saturated rings. The van der Waals surface area contributed by atoms with Crippen LogP contribution in [-0.4, -0.2) is 31.3 Å². The molecule has 0 bridgehead atoms. The molecule has 1 aliphatic rings. The van der Waals surface area contributed by atoms with Gasteiger partial charge < -0.3 is 14.8 Å². The molecule has 0 aliphatic carbocycles.